The molecule has 0 unspecified atom stereocenters. The molecule has 1 fully saturated rings. The molecule has 1 amide bonds. The molecule has 1 saturated heterocycles. The molecule has 1 aliphatic rings. The highest BCUT2D eigenvalue weighted by Gasteiger charge is 2.22. The largest absolute Gasteiger partial charge is 0.497 e. The summed E-state index contributed by atoms with van der Waals surface area (Å²) in [4.78, 5) is 16.9. The third kappa shape index (κ3) is 4.31. The molecule has 1 heterocycles. The summed E-state index contributed by atoms with van der Waals surface area (Å²) in [5.74, 6) is 1.73. The molecule has 0 N–H and O–H groups in total. The Labute approximate surface area is 148 Å². The minimum atomic E-state index is 0.0867. The predicted molar refractivity (Wildman–Crippen MR) is 97.2 cm³/mol. The van der Waals surface area contributed by atoms with Gasteiger partial charge in [0.2, 0.25) is 0 Å². The third-order valence-electron chi connectivity index (χ3n) is 4.54. The van der Waals surface area contributed by atoms with Gasteiger partial charge in [-0.25, -0.2) is 0 Å². The summed E-state index contributed by atoms with van der Waals surface area (Å²) in [7, 11) is 3.31. The summed E-state index contributed by atoms with van der Waals surface area (Å²) >= 11 is 0. The zero-order valence-corrected chi connectivity index (χ0v) is 14.8. The van der Waals surface area contributed by atoms with Crippen molar-refractivity contribution in [1.82, 2.24) is 9.80 Å². The van der Waals surface area contributed by atoms with Crippen molar-refractivity contribution in [1.29, 1.82) is 0 Å². The van der Waals surface area contributed by atoms with Crippen LogP contribution in [-0.2, 0) is 6.54 Å². The number of methoxy groups -OCH3 is 2. The average Bonchev–Trinajstić information content (AvgIpc) is 2.68. The minimum Gasteiger partial charge on any atom is -0.497 e. The molecule has 132 valence electrons. The topological polar surface area (TPSA) is 42.0 Å². The fourth-order valence-electron chi connectivity index (χ4n) is 3.05. The van der Waals surface area contributed by atoms with E-state index in [4.69, 9.17) is 9.47 Å². The van der Waals surface area contributed by atoms with Crippen LogP contribution in [0.3, 0.4) is 0 Å². The van der Waals surface area contributed by atoms with Crippen molar-refractivity contribution in [3.05, 3.63) is 59.7 Å². The Bertz CT molecular complexity index is 707. The SMILES string of the molecule is COc1ccc(C(=O)N2CCN(Cc3cccc(OC)c3)CC2)cc1. The van der Waals surface area contributed by atoms with Crippen molar-refractivity contribution >= 4 is 5.91 Å². The maximum absolute atomic E-state index is 12.6. The van der Waals surface area contributed by atoms with Gasteiger partial charge in [0.05, 0.1) is 14.2 Å². The zero-order chi connectivity index (χ0) is 17.6. The van der Waals surface area contributed by atoms with Crippen LogP contribution in [0.4, 0.5) is 0 Å². The minimum absolute atomic E-state index is 0.0867. The lowest BCUT2D eigenvalue weighted by Crippen LogP contribution is -2.48. The maximum Gasteiger partial charge on any atom is 0.253 e. The van der Waals surface area contributed by atoms with Gasteiger partial charge in [-0.2, -0.15) is 0 Å². The van der Waals surface area contributed by atoms with Crippen molar-refractivity contribution in [2.24, 2.45) is 0 Å². The van der Waals surface area contributed by atoms with Gasteiger partial charge >= 0.3 is 0 Å². The number of amides is 1. The molecule has 0 aromatic heterocycles. The molecule has 2 aromatic rings. The highest BCUT2D eigenvalue weighted by Crippen LogP contribution is 2.17. The van der Waals surface area contributed by atoms with E-state index in [0.29, 0.717) is 5.56 Å². The first kappa shape index (κ1) is 17.3. The lowest BCUT2D eigenvalue weighted by atomic mass is 10.1. The van der Waals surface area contributed by atoms with Gasteiger partial charge in [0, 0.05) is 38.3 Å². The number of carbonyl (C=O) groups is 1. The van der Waals surface area contributed by atoms with Crippen LogP contribution in [0.25, 0.3) is 0 Å². The second kappa shape index (κ2) is 8.03. The Morgan fingerprint density at radius 2 is 1.60 bits per heavy atom. The van der Waals surface area contributed by atoms with Crippen molar-refractivity contribution in [3.63, 3.8) is 0 Å². The van der Waals surface area contributed by atoms with E-state index < -0.39 is 0 Å². The molecule has 3 rings (SSSR count). The van der Waals surface area contributed by atoms with E-state index in [9.17, 15) is 4.79 Å². The van der Waals surface area contributed by atoms with Gasteiger partial charge in [0.25, 0.3) is 5.91 Å². The lowest BCUT2D eigenvalue weighted by Gasteiger charge is -2.34. The Hall–Kier alpha value is -2.53. The number of hydrogen-bond donors (Lipinski definition) is 0. The molecular formula is C20H24N2O3. The summed E-state index contributed by atoms with van der Waals surface area (Å²) in [5, 5.41) is 0. The first-order valence-electron chi connectivity index (χ1n) is 8.48. The molecule has 0 radical (unpaired) electrons. The second-order valence-electron chi connectivity index (χ2n) is 6.15. The monoisotopic (exact) mass is 340 g/mol. The predicted octanol–water partition coefficient (Wildman–Crippen LogP) is 2.66. The first-order chi connectivity index (χ1) is 12.2. The van der Waals surface area contributed by atoms with Gasteiger partial charge in [0.15, 0.2) is 0 Å². The highest BCUT2D eigenvalue weighted by atomic mass is 16.5. The summed E-state index contributed by atoms with van der Waals surface area (Å²) in [6.07, 6.45) is 0. The van der Waals surface area contributed by atoms with Crippen molar-refractivity contribution in [2.45, 2.75) is 6.54 Å². The Balaban J connectivity index is 1.54. The number of benzene rings is 2. The Kier molecular flexibility index (Phi) is 5.56. The van der Waals surface area contributed by atoms with Crippen LogP contribution < -0.4 is 9.47 Å². The van der Waals surface area contributed by atoms with Crippen LogP contribution in [0.5, 0.6) is 11.5 Å². The van der Waals surface area contributed by atoms with E-state index >= 15 is 0 Å². The molecule has 1 aliphatic heterocycles. The van der Waals surface area contributed by atoms with Crippen molar-refractivity contribution in [3.8, 4) is 11.5 Å². The van der Waals surface area contributed by atoms with Crippen LogP contribution in [0.15, 0.2) is 48.5 Å². The fourth-order valence-corrected chi connectivity index (χ4v) is 3.05. The van der Waals surface area contributed by atoms with Crippen molar-refractivity contribution in [2.75, 3.05) is 40.4 Å². The molecule has 5 nitrogen and oxygen atoms in total. The number of rotatable bonds is 5. The molecule has 5 heteroatoms. The molecule has 25 heavy (non-hydrogen) atoms. The van der Waals surface area contributed by atoms with E-state index in [1.54, 1.807) is 14.2 Å². The van der Waals surface area contributed by atoms with E-state index in [1.165, 1.54) is 5.56 Å². The van der Waals surface area contributed by atoms with Crippen LogP contribution >= 0.6 is 0 Å². The second-order valence-corrected chi connectivity index (χ2v) is 6.15. The fraction of sp³-hybridized carbons (Fsp3) is 0.350. The van der Waals surface area contributed by atoms with E-state index in [-0.39, 0.29) is 5.91 Å². The number of piperazine rings is 1. The molecule has 0 saturated carbocycles. The summed E-state index contributed by atoms with van der Waals surface area (Å²) in [6.45, 7) is 4.11. The average molecular weight is 340 g/mol. The van der Waals surface area contributed by atoms with Crippen molar-refractivity contribution < 1.29 is 14.3 Å². The smallest absolute Gasteiger partial charge is 0.253 e. The zero-order valence-electron chi connectivity index (χ0n) is 14.8. The standard InChI is InChI=1S/C20H24N2O3/c1-24-18-8-6-17(7-9-18)20(23)22-12-10-21(11-13-22)15-16-4-3-5-19(14-16)25-2/h3-9,14H,10-13,15H2,1-2H3. The molecule has 0 spiro atoms. The Morgan fingerprint density at radius 3 is 2.24 bits per heavy atom. The molecule has 0 atom stereocenters. The highest BCUT2D eigenvalue weighted by molar-refractivity contribution is 5.94. The van der Waals surface area contributed by atoms with E-state index in [1.807, 2.05) is 41.3 Å². The van der Waals surface area contributed by atoms with E-state index in [2.05, 4.69) is 17.0 Å². The Morgan fingerprint density at radius 1 is 0.920 bits per heavy atom. The molecule has 0 bridgehead atoms. The van der Waals surface area contributed by atoms with Gasteiger partial charge in [-0.05, 0) is 42.0 Å². The lowest BCUT2D eigenvalue weighted by molar-refractivity contribution is 0.0628. The number of ether oxygens (including phenoxy) is 2. The van der Waals surface area contributed by atoms with Crippen LogP contribution in [0.2, 0.25) is 0 Å². The van der Waals surface area contributed by atoms with Gasteiger partial charge in [0.1, 0.15) is 11.5 Å². The van der Waals surface area contributed by atoms with Crippen LogP contribution in [-0.4, -0.2) is 56.1 Å². The quantitative estimate of drug-likeness (QED) is 0.839. The normalized spacial score (nSPS) is 15.0. The van der Waals surface area contributed by atoms with Crippen LogP contribution in [0.1, 0.15) is 15.9 Å². The molecule has 2 aromatic carbocycles. The van der Waals surface area contributed by atoms with Gasteiger partial charge in [-0.15, -0.1) is 0 Å². The molecular weight excluding hydrogens is 316 g/mol. The maximum atomic E-state index is 12.6. The number of carbonyl (C=O) groups excluding carboxylic acids is 1. The molecule has 0 aliphatic carbocycles. The summed E-state index contributed by atoms with van der Waals surface area (Å²) in [5.41, 5.74) is 1.94. The number of nitrogens with zero attached hydrogens (tertiary/aromatic N) is 2. The van der Waals surface area contributed by atoms with Crippen LogP contribution in [0, 0.1) is 0 Å². The third-order valence-corrected chi connectivity index (χ3v) is 4.54. The first-order valence-corrected chi connectivity index (χ1v) is 8.48. The van der Waals surface area contributed by atoms with Gasteiger partial charge in [-0.1, -0.05) is 12.1 Å². The van der Waals surface area contributed by atoms with E-state index in [0.717, 1.165) is 44.2 Å². The summed E-state index contributed by atoms with van der Waals surface area (Å²) < 4.78 is 10.4. The number of hydrogen-bond acceptors (Lipinski definition) is 4. The van der Waals surface area contributed by atoms with Gasteiger partial charge < -0.3 is 14.4 Å². The van der Waals surface area contributed by atoms with Gasteiger partial charge in [-0.3, -0.25) is 9.69 Å². The summed E-state index contributed by atoms with van der Waals surface area (Å²) in [6, 6.07) is 15.4.